The Morgan fingerprint density at radius 2 is 1.75 bits per heavy atom. The summed E-state index contributed by atoms with van der Waals surface area (Å²) in [6, 6.07) is 0. The first kappa shape index (κ1) is 14.4. The van der Waals surface area contributed by atoms with Crippen LogP contribution >= 0.6 is 11.8 Å². The van der Waals surface area contributed by atoms with Crippen LogP contribution in [-0.2, 0) is 0 Å². The monoisotopic (exact) mass is 243 g/mol. The van der Waals surface area contributed by atoms with Crippen LogP contribution in [0, 0.1) is 11.8 Å². The van der Waals surface area contributed by atoms with Crippen LogP contribution in [0.25, 0.3) is 0 Å². The van der Waals surface area contributed by atoms with E-state index in [0.29, 0.717) is 0 Å². The molecule has 2 heteroatoms. The fraction of sp³-hybridized carbons (Fsp3) is 1.00. The third-order valence-corrected chi connectivity index (χ3v) is 4.73. The van der Waals surface area contributed by atoms with Gasteiger partial charge in [0, 0.05) is 0 Å². The van der Waals surface area contributed by atoms with Gasteiger partial charge in [0.1, 0.15) is 0 Å². The summed E-state index contributed by atoms with van der Waals surface area (Å²) in [6.07, 6.45) is 4.22. The molecule has 1 heterocycles. The molecule has 0 spiro atoms. The van der Waals surface area contributed by atoms with Crippen LogP contribution in [0.1, 0.15) is 47.0 Å². The minimum atomic E-state index is 0.805. The van der Waals surface area contributed by atoms with E-state index in [2.05, 4.69) is 44.4 Å². The quantitative estimate of drug-likeness (QED) is 0.696. The molecule has 0 N–H and O–H groups in total. The van der Waals surface area contributed by atoms with Gasteiger partial charge in [0.2, 0.25) is 0 Å². The second kappa shape index (κ2) is 7.60. The van der Waals surface area contributed by atoms with Gasteiger partial charge < -0.3 is 4.90 Å². The Morgan fingerprint density at radius 1 is 1.12 bits per heavy atom. The van der Waals surface area contributed by atoms with Crippen LogP contribution in [0.15, 0.2) is 0 Å². The molecule has 0 unspecified atom stereocenters. The maximum Gasteiger partial charge on any atom is -0.000958 e. The molecule has 0 aromatic carbocycles. The molecule has 1 fully saturated rings. The van der Waals surface area contributed by atoms with Crippen molar-refractivity contribution in [2.75, 3.05) is 25.4 Å². The molecule has 1 rings (SSSR count). The predicted octanol–water partition coefficient (Wildman–Crippen LogP) is 3.89. The number of piperidine rings is 1. The molecule has 1 aliphatic heterocycles. The van der Waals surface area contributed by atoms with Gasteiger partial charge in [-0.1, -0.05) is 27.7 Å². The van der Waals surface area contributed by atoms with Gasteiger partial charge in [0.05, 0.1) is 0 Å². The summed E-state index contributed by atoms with van der Waals surface area (Å²) in [5.41, 5.74) is 0. The smallest absolute Gasteiger partial charge is 0.000958 e. The molecule has 0 atom stereocenters. The number of hydrogen-bond donors (Lipinski definition) is 0. The Morgan fingerprint density at radius 3 is 2.25 bits per heavy atom. The zero-order valence-electron chi connectivity index (χ0n) is 11.5. The lowest BCUT2D eigenvalue weighted by molar-refractivity contribution is 0.186. The molecule has 0 aliphatic carbocycles. The van der Waals surface area contributed by atoms with E-state index in [4.69, 9.17) is 0 Å². The first-order valence-electron chi connectivity index (χ1n) is 6.92. The zero-order valence-corrected chi connectivity index (χ0v) is 12.4. The molecular formula is C14H29NS. The van der Waals surface area contributed by atoms with Gasteiger partial charge in [0.15, 0.2) is 0 Å². The van der Waals surface area contributed by atoms with E-state index >= 15 is 0 Å². The summed E-state index contributed by atoms with van der Waals surface area (Å²) in [5, 5.41) is 0.805. The highest BCUT2D eigenvalue weighted by Gasteiger charge is 2.19. The van der Waals surface area contributed by atoms with E-state index in [9.17, 15) is 0 Å². The molecule has 96 valence electrons. The normalized spacial score (nSPS) is 19.9. The molecule has 1 aliphatic rings. The van der Waals surface area contributed by atoms with Gasteiger partial charge in [0.25, 0.3) is 0 Å². The summed E-state index contributed by atoms with van der Waals surface area (Å²) < 4.78 is 0. The minimum Gasteiger partial charge on any atom is -0.303 e. The summed E-state index contributed by atoms with van der Waals surface area (Å²) in [7, 11) is 0. The molecule has 1 nitrogen and oxygen atoms in total. The highest BCUT2D eigenvalue weighted by molar-refractivity contribution is 7.99. The van der Waals surface area contributed by atoms with E-state index in [1.165, 1.54) is 44.6 Å². The van der Waals surface area contributed by atoms with Crippen LogP contribution in [-0.4, -0.2) is 35.5 Å². The summed E-state index contributed by atoms with van der Waals surface area (Å²) in [6.45, 7) is 13.3. The molecule has 0 bridgehead atoms. The largest absolute Gasteiger partial charge is 0.303 e. The summed E-state index contributed by atoms with van der Waals surface area (Å²) in [4.78, 5) is 2.66. The van der Waals surface area contributed by atoms with E-state index in [1.54, 1.807) is 0 Å². The fourth-order valence-corrected chi connectivity index (χ4v) is 3.14. The predicted molar refractivity (Wildman–Crippen MR) is 76.2 cm³/mol. The lowest BCUT2D eigenvalue weighted by Gasteiger charge is -2.32. The molecule has 0 aromatic rings. The van der Waals surface area contributed by atoms with Gasteiger partial charge in [-0.3, -0.25) is 0 Å². The lowest BCUT2D eigenvalue weighted by atomic mass is 9.98. The lowest BCUT2D eigenvalue weighted by Crippen LogP contribution is -2.35. The van der Waals surface area contributed by atoms with Crippen molar-refractivity contribution in [2.45, 2.75) is 52.2 Å². The number of nitrogens with zero attached hydrogens (tertiary/aromatic N) is 1. The SMILES string of the molecule is CC(C)CCN1CCC(CSC(C)C)CC1. The number of likely N-dealkylation sites (tertiary alicyclic amines) is 1. The van der Waals surface area contributed by atoms with Gasteiger partial charge in [-0.15, -0.1) is 0 Å². The average molecular weight is 243 g/mol. The van der Waals surface area contributed by atoms with Crippen LogP contribution < -0.4 is 0 Å². The fourth-order valence-electron chi connectivity index (χ4n) is 2.15. The topological polar surface area (TPSA) is 3.24 Å². The van der Waals surface area contributed by atoms with Gasteiger partial charge in [-0.25, -0.2) is 0 Å². The number of hydrogen-bond acceptors (Lipinski definition) is 2. The second-order valence-corrected chi connectivity index (χ2v) is 7.46. The summed E-state index contributed by atoms with van der Waals surface area (Å²) in [5.74, 6) is 3.23. The molecule has 0 radical (unpaired) electrons. The highest BCUT2D eigenvalue weighted by Crippen LogP contribution is 2.23. The molecular weight excluding hydrogens is 214 g/mol. The van der Waals surface area contributed by atoms with Crippen LogP contribution in [0.4, 0.5) is 0 Å². The minimum absolute atomic E-state index is 0.805. The van der Waals surface area contributed by atoms with E-state index in [-0.39, 0.29) is 0 Å². The molecule has 0 saturated carbocycles. The highest BCUT2D eigenvalue weighted by atomic mass is 32.2. The van der Waals surface area contributed by atoms with Crippen molar-refractivity contribution in [3.63, 3.8) is 0 Å². The Kier molecular flexibility index (Phi) is 6.83. The Bertz CT molecular complexity index is 152. The van der Waals surface area contributed by atoms with E-state index in [1.807, 2.05) is 0 Å². The summed E-state index contributed by atoms with van der Waals surface area (Å²) >= 11 is 2.14. The van der Waals surface area contributed by atoms with Gasteiger partial charge >= 0.3 is 0 Å². The van der Waals surface area contributed by atoms with Gasteiger partial charge in [-0.2, -0.15) is 11.8 Å². The number of thioether (sulfide) groups is 1. The average Bonchev–Trinajstić information content (AvgIpc) is 2.25. The second-order valence-electron chi connectivity index (χ2n) is 5.85. The Hall–Kier alpha value is 0.310. The van der Waals surface area contributed by atoms with Crippen LogP contribution in [0.3, 0.4) is 0 Å². The molecule has 1 saturated heterocycles. The van der Waals surface area contributed by atoms with Gasteiger partial charge in [-0.05, 0) is 61.7 Å². The third kappa shape index (κ3) is 6.15. The Balaban J connectivity index is 2.09. The molecule has 0 amide bonds. The van der Waals surface area contributed by atoms with Crippen molar-refractivity contribution in [3.05, 3.63) is 0 Å². The Labute approximate surface area is 106 Å². The van der Waals surface area contributed by atoms with Crippen LogP contribution in [0.5, 0.6) is 0 Å². The van der Waals surface area contributed by atoms with Crippen molar-refractivity contribution in [1.82, 2.24) is 4.90 Å². The van der Waals surface area contributed by atoms with E-state index < -0.39 is 0 Å². The molecule has 16 heavy (non-hydrogen) atoms. The van der Waals surface area contributed by atoms with Crippen molar-refractivity contribution >= 4 is 11.8 Å². The maximum atomic E-state index is 2.66. The van der Waals surface area contributed by atoms with Crippen molar-refractivity contribution in [1.29, 1.82) is 0 Å². The molecule has 0 aromatic heterocycles. The standard InChI is InChI=1S/C14H29NS/c1-12(2)5-8-15-9-6-14(7-10-15)11-16-13(3)4/h12-14H,5-11H2,1-4H3. The van der Waals surface area contributed by atoms with Crippen LogP contribution in [0.2, 0.25) is 0 Å². The first-order valence-corrected chi connectivity index (χ1v) is 7.96. The van der Waals surface area contributed by atoms with Crippen molar-refractivity contribution < 1.29 is 0 Å². The third-order valence-electron chi connectivity index (χ3n) is 3.40. The van der Waals surface area contributed by atoms with Crippen molar-refractivity contribution in [3.8, 4) is 0 Å². The zero-order chi connectivity index (χ0) is 12.0. The number of rotatable bonds is 6. The van der Waals surface area contributed by atoms with Crippen molar-refractivity contribution in [2.24, 2.45) is 11.8 Å². The van der Waals surface area contributed by atoms with E-state index in [0.717, 1.165) is 17.1 Å². The first-order chi connectivity index (χ1) is 7.58. The maximum absolute atomic E-state index is 2.66.